The first-order valence-electron chi connectivity index (χ1n) is 6.38. The van der Waals surface area contributed by atoms with E-state index >= 15 is 0 Å². The van der Waals surface area contributed by atoms with Gasteiger partial charge in [0.1, 0.15) is 5.82 Å². The van der Waals surface area contributed by atoms with E-state index in [2.05, 4.69) is 6.92 Å². The molecule has 0 bridgehead atoms. The molecule has 0 aliphatic heterocycles. The van der Waals surface area contributed by atoms with Crippen LogP contribution in [0.4, 0.5) is 15.8 Å². The summed E-state index contributed by atoms with van der Waals surface area (Å²) in [6.45, 7) is 2.07. The molecule has 0 spiro atoms. The lowest BCUT2D eigenvalue weighted by Gasteiger charge is -2.21. The number of halogens is 1. The number of hydrogen-bond acceptors (Lipinski definition) is 2. The van der Waals surface area contributed by atoms with Crippen LogP contribution in [0.3, 0.4) is 0 Å². The maximum absolute atomic E-state index is 13.2. The summed E-state index contributed by atoms with van der Waals surface area (Å²) in [6, 6.07) is 11.6. The molecule has 0 aromatic heterocycles. The minimum atomic E-state index is -1.14. The Morgan fingerprint density at radius 2 is 1.85 bits per heavy atom. The summed E-state index contributed by atoms with van der Waals surface area (Å²) in [4.78, 5) is 13.0. The second-order valence-electron chi connectivity index (χ2n) is 4.55. The van der Waals surface area contributed by atoms with Crippen LogP contribution in [0.15, 0.2) is 42.5 Å². The summed E-state index contributed by atoms with van der Waals surface area (Å²) in [5, 5.41) is 9.17. The summed E-state index contributed by atoms with van der Waals surface area (Å²) in [5.74, 6) is -1.70. The summed E-state index contributed by atoms with van der Waals surface area (Å²) in [7, 11) is 1.76. The van der Waals surface area contributed by atoms with Gasteiger partial charge in [0.25, 0.3) is 0 Å². The molecule has 20 heavy (non-hydrogen) atoms. The van der Waals surface area contributed by atoms with Crippen molar-refractivity contribution in [3.63, 3.8) is 0 Å². The molecule has 0 saturated heterocycles. The average molecular weight is 273 g/mol. The number of aryl methyl sites for hydroxylation is 1. The van der Waals surface area contributed by atoms with Crippen LogP contribution in [0, 0.1) is 5.82 Å². The molecule has 104 valence electrons. The van der Waals surface area contributed by atoms with E-state index in [0.29, 0.717) is 5.69 Å². The smallest absolute Gasteiger partial charge is 0.337 e. The first-order chi connectivity index (χ1) is 9.52. The van der Waals surface area contributed by atoms with Crippen LogP contribution < -0.4 is 4.90 Å². The number of benzene rings is 2. The van der Waals surface area contributed by atoms with Crippen LogP contribution >= 0.6 is 0 Å². The van der Waals surface area contributed by atoms with Crippen LogP contribution in [0.25, 0.3) is 0 Å². The molecule has 2 aromatic rings. The monoisotopic (exact) mass is 273 g/mol. The highest BCUT2D eigenvalue weighted by Crippen LogP contribution is 2.28. The second kappa shape index (κ2) is 5.74. The van der Waals surface area contributed by atoms with Crippen molar-refractivity contribution in [2.45, 2.75) is 13.3 Å². The number of carbonyl (C=O) groups is 1. The molecule has 0 heterocycles. The highest BCUT2D eigenvalue weighted by atomic mass is 19.1. The molecule has 2 rings (SSSR count). The van der Waals surface area contributed by atoms with Crippen LogP contribution in [-0.4, -0.2) is 18.1 Å². The normalized spacial score (nSPS) is 10.3. The van der Waals surface area contributed by atoms with Gasteiger partial charge in [0.15, 0.2) is 0 Å². The van der Waals surface area contributed by atoms with Gasteiger partial charge in [0.05, 0.1) is 11.3 Å². The number of anilines is 2. The van der Waals surface area contributed by atoms with E-state index in [-0.39, 0.29) is 5.56 Å². The first kappa shape index (κ1) is 14.1. The lowest BCUT2D eigenvalue weighted by Crippen LogP contribution is -2.14. The summed E-state index contributed by atoms with van der Waals surface area (Å²) in [6.07, 6.45) is 0.945. The molecule has 0 atom stereocenters. The topological polar surface area (TPSA) is 40.5 Å². The Balaban J connectivity index is 2.41. The van der Waals surface area contributed by atoms with Crippen molar-refractivity contribution in [2.75, 3.05) is 11.9 Å². The zero-order valence-electron chi connectivity index (χ0n) is 11.4. The van der Waals surface area contributed by atoms with Gasteiger partial charge in [-0.15, -0.1) is 0 Å². The minimum Gasteiger partial charge on any atom is -0.478 e. The first-order valence-corrected chi connectivity index (χ1v) is 6.38. The van der Waals surface area contributed by atoms with Crippen LogP contribution in [0.1, 0.15) is 22.8 Å². The molecule has 4 heteroatoms. The lowest BCUT2D eigenvalue weighted by atomic mass is 10.1. The van der Waals surface area contributed by atoms with Crippen molar-refractivity contribution in [1.29, 1.82) is 0 Å². The Morgan fingerprint density at radius 3 is 2.40 bits per heavy atom. The van der Waals surface area contributed by atoms with Gasteiger partial charge < -0.3 is 10.0 Å². The van der Waals surface area contributed by atoms with Gasteiger partial charge in [-0.2, -0.15) is 0 Å². The molecule has 0 radical (unpaired) electrons. The zero-order valence-corrected chi connectivity index (χ0v) is 11.4. The van der Waals surface area contributed by atoms with Gasteiger partial charge in [0, 0.05) is 12.7 Å². The van der Waals surface area contributed by atoms with E-state index in [0.717, 1.165) is 18.2 Å². The Kier molecular flexibility index (Phi) is 4.03. The molecular weight excluding hydrogens is 257 g/mol. The number of carboxylic acids is 1. The number of carboxylic acid groups (broad SMARTS) is 1. The van der Waals surface area contributed by atoms with Crippen molar-refractivity contribution in [3.05, 3.63) is 59.4 Å². The van der Waals surface area contributed by atoms with E-state index in [9.17, 15) is 14.3 Å². The number of rotatable bonds is 4. The third kappa shape index (κ3) is 2.79. The average Bonchev–Trinajstić information content (AvgIpc) is 2.46. The van der Waals surface area contributed by atoms with E-state index in [4.69, 9.17) is 0 Å². The van der Waals surface area contributed by atoms with Crippen molar-refractivity contribution in [1.82, 2.24) is 0 Å². The third-order valence-electron chi connectivity index (χ3n) is 3.28. The van der Waals surface area contributed by atoms with Crippen LogP contribution in [0.5, 0.6) is 0 Å². The fraction of sp³-hybridized carbons (Fsp3) is 0.188. The van der Waals surface area contributed by atoms with Gasteiger partial charge in [-0.25, -0.2) is 9.18 Å². The summed E-state index contributed by atoms with van der Waals surface area (Å²) < 4.78 is 13.2. The maximum atomic E-state index is 13.2. The van der Waals surface area contributed by atoms with Crippen molar-refractivity contribution in [3.8, 4) is 0 Å². The number of nitrogens with zero attached hydrogens (tertiary/aromatic N) is 1. The fourth-order valence-electron chi connectivity index (χ4n) is 2.07. The molecular formula is C16H16FNO2. The largest absolute Gasteiger partial charge is 0.478 e. The number of aromatic carboxylic acids is 1. The van der Waals surface area contributed by atoms with Gasteiger partial charge in [-0.1, -0.05) is 19.1 Å². The molecule has 0 aliphatic rings. The SMILES string of the molecule is CCc1ccc(N(C)c2ccc(F)cc2C(=O)O)cc1. The summed E-state index contributed by atoms with van der Waals surface area (Å²) >= 11 is 0. The third-order valence-corrected chi connectivity index (χ3v) is 3.28. The van der Waals surface area contributed by atoms with E-state index in [1.807, 2.05) is 24.3 Å². The molecule has 1 N–H and O–H groups in total. The van der Waals surface area contributed by atoms with Gasteiger partial charge in [-0.3, -0.25) is 0 Å². The van der Waals surface area contributed by atoms with Gasteiger partial charge in [0.2, 0.25) is 0 Å². The number of hydrogen-bond donors (Lipinski definition) is 1. The minimum absolute atomic E-state index is 0.0490. The van der Waals surface area contributed by atoms with Crippen LogP contribution in [-0.2, 0) is 6.42 Å². The zero-order chi connectivity index (χ0) is 14.7. The highest BCUT2D eigenvalue weighted by molar-refractivity contribution is 5.95. The van der Waals surface area contributed by atoms with Crippen molar-refractivity contribution >= 4 is 17.3 Å². The predicted molar refractivity (Wildman–Crippen MR) is 77.2 cm³/mol. The van der Waals surface area contributed by atoms with E-state index < -0.39 is 11.8 Å². The Bertz CT molecular complexity index is 623. The highest BCUT2D eigenvalue weighted by Gasteiger charge is 2.15. The molecule has 0 amide bonds. The second-order valence-corrected chi connectivity index (χ2v) is 4.55. The van der Waals surface area contributed by atoms with Gasteiger partial charge in [-0.05, 0) is 42.3 Å². The quantitative estimate of drug-likeness (QED) is 0.919. The Morgan fingerprint density at radius 1 is 1.20 bits per heavy atom. The lowest BCUT2D eigenvalue weighted by molar-refractivity contribution is 0.0697. The molecule has 3 nitrogen and oxygen atoms in total. The van der Waals surface area contributed by atoms with Crippen LogP contribution in [0.2, 0.25) is 0 Å². The Labute approximate surface area is 117 Å². The molecule has 2 aromatic carbocycles. The van der Waals surface area contributed by atoms with Crippen molar-refractivity contribution < 1.29 is 14.3 Å². The fourth-order valence-corrected chi connectivity index (χ4v) is 2.07. The predicted octanol–water partition coefficient (Wildman–Crippen LogP) is 3.85. The summed E-state index contributed by atoms with van der Waals surface area (Å²) in [5.41, 5.74) is 2.48. The molecule has 0 saturated carbocycles. The standard InChI is InChI=1S/C16H16FNO2/c1-3-11-4-7-13(8-5-11)18(2)15-9-6-12(17)10-14(15)16(19)20/h4-10H,3H2,1-2H3,(H,19,20). The van der Waals surface area contributed by atoms with E-state index in [1.54, 1.807) is 11.9 Å². The maximum Gasteiger partial charge on any atom is 0.337 e. The molecule has 0 unspecified atom stereocenters. The van der Waals surface area contributed by atoms with Crippen molar-refractivity contribution in [2.24, 2.45) is 0 Å². The molecule has 0 aliphatic carbocycles. The van der Waals surface area contributed by atoms with E-state index in [1.165, 1.54) is 17.7 Å². The Hall–Kier alpha value is -2.36. The molecule has 0 fully saturated rings. The van der Waals surface area contributed by atoms with Gasteiger partial charge >= 0.3 is 5.97 Å².